The van der Waals surface area contributed by atoms with Crippen LogP contribution in [-0.4, -0.2) is 64.2 Å². The van der Waals surface area contributed by atoms with E-state index < -0.39 is 5.54 Å². The maximum absolute atomic E-state index is 13.2. The Morgan fingerprint density at radius 2 is 2.22 bits per heavy atom. The maximum Gasteiger partial charge on any atom is 0.232 e. The number of aromatic nitrogens is 3. The molecule has 10 heteroatoms. The van der Waals surface area contributed by atoms with Crippen molar-refractivity contribution >= 4 is 23.5 Å². The van der Waals surface area contributed by atoms with Gasteiger partial charge in [0.2, 0.25) is 5.91 Å². The lowest BCUT2D eigenvalue weighted by Crippen LogP contribution is -2.56. The van der Waals surface area contributed by atoms with E-state index in [1.54, 1.807) is 16.7 Å². The van der Waals surface area contributed by atoms with Gasteiger partial charge in [-0.05, 0) is 32.3 Å². The highest BCUT2D eigenvalue weighted by Crippen LogP contribution is 2.41. The van der Waals surface area contributed by atoms with Gasteiger partial charge in [-0.3, -0.25) is 9.69 Å². The maximum atomic E-state index is 13.2. The Morgan fingerprint density at radius 1 is 1.41 bits per heavy atom. The molecule has 1 fully saturated rings. The van der Waals surface area contributed by atoms with E-state index in [4.69, 9.17) is 31.8 Å². The molecule has 2 aliphatic heterocycles. The molecule has 32 heavy (non-hydrogen) atoms. The second kappa shape index (κ2) is 9.17. The predicted octanol–water partition coefficient (Wildman–Crippen LogP) is 2.57. The highest BCUT2D eigenvalue weighted by atomic mass is 35.5. The van der Waals surface area contributed by atoms with Gasteiger partial charge in [0.25, 0.3) is 0 Å². The summed E-state index contributed by atoms with van der Waals surface area (Å²) in [6.45, 7) is 5.64. The SMILES string of the molecule is COCCn1cc(-c2cccc([C@]3(C)CC(=O)N([C@H]4CCO[C@@H](C)C4)C(N)=N3)c2Cl)nn1. The fourth-order valence-corrected chi connectivity index (χ4v) is 4.90. The largest absolute Gasteiger partial charge is 0.383 e. The number of benzene rings is 1. The first-order valence-corrected chi connectivity index (χ1v) is 11.2. The molecule has 1 saturated heterocycles. The zero-order valence-electron chi connectivity index (χ0n) is 18.6. The Morgan fingerprint density at radius 3 is 2.94 bits per heavy atom. The molecule has 2 N–H and O–H groups in total. The van der Waals surface area contributed by atoms with Crippen LogP contribution in [0.1, 0.15) is 38.7 Å². The molecule has 3 heterocycles. The number of rotatable bonds is 6. The Hall–Kier alpha value is -2.49. The molecule has 3 atom stereocenters. The van der Waals surface area contributed by atoms with Gasteiger partial charge in [-0.15, -0.1) is 5.10 Å². The zero-order valence-corrected chi connectivity index (χ0v) is 19.4. The molecule has 2 aromatic rings. The molecule has 0 unspecified atom stereocenters. The fraction of sp³-hybridized carbons (Fsp3) is 0.545. The van der Waals surface area contributed by atoms with Gasteiger partial charge in [0.05, 0.1) is 42.4 Å². The summed E-state index contributed by atoms with van der Waals surface area (Å²) in [5.41, 5.74) is 7.59. The first kappa shape index (κ1) is 22.7. The Labute approximate surface area is 192 Å². The summed E-state index contributed by atoms with van der Waals surface area (Å²) in [5.74, 6) is 0.181. The number of aliphatic imine (C=N–C) groups is 1. The molecule has 1 amide bonds. The van der Waals surface area contributed by atoms with E-state index in [0.29, 0.717) is 30.5 Å². The van der Waals surface area contributed by atoms with Crippen LogP contribution in [0.25, 0.3) is 11.3 Å². The van der Waals surface area contributed by atoms with Crippen LogP contribution < -0.4 is 5.73 Å². The van der Waals surface area contributed by atoms with Crippen LogP contribution in [0, 0.1) is 0 Å². The molecule has 0 spiro atoms. The molecule has 0 saturated carbocycles. The topological polar surface area (TPSA) is 108 Å². The number of nitrogens with zero attached hydrogens (tertiary/aromatic N) is 5. The molecule has 1 aromatic carbocycles. The molecule has 172 valence electrons. The third kappa shape index (κ3) is 4.37. The average molecular weight is 461 g/mol. The second-order valence-corrected chi connectivity index (χ2v) is 8.95. The van der Waals surface area contributed by atoms with Crippen molar-refractivity contribution in [1.29, 1.82) is 0 Å². The molecule has 0 radical (unpaired) electrons. The van der Waals surface area contributed by atoms with Gasteiger partial charge in [-0.1, -0.05) is 35.0 Å². The smallest absolute Gasteiger partial charge is 0.232 e. The lowest BCUT2D eigenvalue weighted by molar-refractivity contribution is -0.133. The van der Waals surface area contributed by atoms with Gasteiger partial charge in [0.1, 0.15) is 5.69 Å². The minimum absolute atomic E-state index is 0.00324. The summed E-state index contributed by atoms with van der Waals surface area (Å²) in [6.07, 6.45) is 3.59. The molecule has 0 aliphatic carbocycles. The summed E-state index contributed by atoms with van der Waals surface area (Å²) >= 11 is 6.83. The molecule has 9 nitrogen and oxygen atoms in total. The summed E-state index contributed by atoms with van der Waals surface area (Å²) < 4.78 is 12.4. The van der Waals surface area contributed by atoms with E-state index in [0.717, 1.165) is 24.0 Å². The first-order chi connectivity index (χ1) is 15.3. The van der Waals surface area contributed by atoms with Crippen molar-refractivity contribution < 1.29 is 14.3 Å². The van der Waals surface area contributed by atoms with Crippen LogP contribution in [-0.2, 0) is 26.4 Å². The molecular formula is C22H29ClN6O3. The first-order valence-electron chi connectivity index (χ1n) is 10.8. The van der Waals surface area contributed by atoms with E-state index >= 15 is 0 Å². The highest BCUT2D eigenvalue weighted by Gasteiger charge is 2.42. The van der Waals surface area contributed by atoms with Crippen molar-refractivity contribution in [2.45, 2.75) is 57.3 Å². The number of halogens is 1. The van der Waals surface area contributed by atoms with Crippen molar-refractivity contribution in [1.82, 2.24) is 19.9 Å². The van der Waals surface area contributed by atoms with Gasteiger partial charge in [-0.2, -0.15) is 0 Å². The third-order valence-electron chi connectivity index (χ3n) is 6.11. The van der Waals surface area contributed by atoms with Gasteiger partial charge in [-0.25, -0.2) is 9.67 Å². The second-order valence-electron chi connectivity index (χ2n) is 8.57. The molecule has 1 aromatic heterocycles. The summed E-state index contributed by atoms with van der Waals surface area (Å²) in [5, 5.41) is 8.87. The van der Waals surface area contributed by atoms with Gasteiger partial charge >= 0.3 is 0 Å². The Balaban J connectivity index is 1.64. The minimum Gasteiger partial charge on any atom is -0.383 e. The lowest BCUT2D eigenvalue weighted by atomic mass is 9.85. The molecular weight excluding hydrogens is 432 g/mol. The Bertz CT molecular complexity index is 1020. The molecule has 4 rings (SSSR count). The van der Waals surface area contributed by atoms with Crippen molar-refractivity contribution in [3.8, 4) is 11.3 Å². The lowest BCUT2D eigenvalue weighted by Gasteiger charge is -2.41. The molecule has 2 aliphatic rings. The van der Waals surface area contributed by atoms with Crippen LogP contribution in [0.15, 0.2) is 29.4 Å². The van der Waals surface area contributed by atoms with Crippen LogP contribution in [0.2, 0.25) is 5.02 Å². The number of hydrogen-bond acceptors (Lipinski definition) is 7. The van der Waals surface area contributed by atoms with Crippen LogP contribution in [0.5, 0.6) is 0 Å². The normalized spacial score (nSPS) is 26.3. The van der Waals surface area contributed by atoms with Crippen molar-refractivity contribution in [3.05, 3.63) is 35.0 Å². The quantitative estimate of drug-likeness (QED) is 0.709. The van der Waals surface area contributed by atoms with Crippen LogP contribution in [0.4, 0.5) is 0 Å². The van der Waals surface area contributed by atoms with E-state index in [9.17, 15) is 4.79 Å². The average Bonchev–Trinajstić information content (AvgIpc) is 3.20. The zero-order chi connectivity index (χ0) is 22.9. The summed E-state index contributed by atoms with van der Waals surface area (Å²) in [7, 11) is 1.64. The van der Waals surface area contributed by atoms with Gasteiger partial charge in [0.15, 0.2) is 5.96 Å². The van der Waals surface area contributed by atoms with Crippen LogP contribution >= 0.6 is 11.6 Å². The number of nitrogens with two attached hydrogens (primary N) is 1. The monoisotopic (exact) mass is 460 g/mol. The number of ether oxygens (including phenoxy) is 2. The number of carbonyl (C=O) groups excluding carboxylic acids is 1. The van der Waals surface area contributed by atoms with E-state index in [-0.39, 0.29) is 30.4 Å². The van der Waals surface area contributed by atoms with E-state index in [2.05, 4.69) is 10.3 Å². The highest BCUT2D eigenvalue weighted by molar-refractivity contribution is 6.34. The van der Waals surface area contributed by atoms with Crippen LogP contribution in [0.3, 0.4) is 0 Å². The standard InChI is InChI=1S/C22H29ClN6O3/c1-14-11-15(7-9-32-14)29-19(30)12-22(2,25-21(29)24)17-6-4-5-16(20(17)23)18-13-28(27-26-18)8-10-31-3/h4-6,13-15H,7-12H2,1-3H3,(H2,24,25)/t14-,15-,22-/m0/s1. The number of carbonyl (C=O) groups is 1. The summed E-state index contributed by atoms with van der Waals surface area (Å²) in [6, 6.07) is 5.66. The number of hydrogen-bond donors (Lipinski definition) is 1. The van der Waals surface area contributed by atoms with E-state index in [1.165, 1.54) is 0 Å². The molecule has 0 bridgehead atoms. The van der Waals surface area contributed by atoms with Crippen molar-refractivity contribution in [2.24, 2.45) is 10.7 Å². The van der Waals surface area contributed by atoms with E-state index in [1.807, 2.05) is 38.2 Å². The minimum atomic E-state index is -0.867. The predicted molar refractivity (Wildman–Crippen MR) is 121 cm³/mol. The van der Waals surface area contributed by atoms with Crippen molar-refractivity contribution in [3.63, 3.8) is 0 Å². The fourth-order valence-electron chi connectivity index (χ4n) is 4.47. The Kier molecular flexibility index (Phi) is 6.50. The van der Waals surface area contributed by atoms with Crippen molar-refractivity contribution in [2.75, 3.05) is 20.3 Å². The summed E-state index contributed by atoms with van der Waals surface area (Å²) in [4.78, 5) is 19.6. The number of amides is 1. The number of methoxy groups -OCH3 is 1. The third-order valence-corrected chi connectivity index (χ3v) is 6.52. The number of guanidine groups is 1. The van der Waals surface area contributed by atoms with Gasteiger partial charge in [0, 0.05) is 25.3 Å². The van der Waals surface area contributed by atoms with Gasteiger partial charge < -0.3 is 15.2 Å².